The number of carbonyl (C=O) groups excluding carboxylic acids is 1. The third-order valence-electron chi connectivity index (χ3n) is 6.04. The van der Waals surface area contributed by atoms with Gasteiger partial charge in [0, 0.05) is 35.4 Å². The summed E-state index contributed by atoms with van der Waals surface area (Å²) < 4.78 is 5.38. The summed E-state index contributed by atoms with van der Waals surface area (Å²) in [7, 11) is 1.61. The SMILES string of the molecule is COc1cnccc1-c1ccnc(N[C@@H](C)C2CC3CC(Cl)CCC3NC2=O)n1. The molecule has 4 unspecified atom stereocenters. The number of pyridine rings is 1. The zero-order valence-electron chi connectivity index (χ0n) is 16.6. The van der Waals surface area contributed by atoms with E-state index in [1.54, 1.807) is 25.7 Å². The Morgan fingerprint density at radius 3 is 2.97 bits per heavy atom. The summed E-state index contributed by atoms with van der Waals surface area (Å²) in [6, 6.07) is 3.85. The Kier molecular flexibility index (Phi) is 5.85. The molecule has 7 nitrogen and oxygen atoms in total. The molecule has 1 saturated heterocycles. The van der Waals surface area contributed by atoms with Crippen LogP contribution in [0, 0.1) is 11.8 Å². The van der Waals surface area contributed by atoms with Crippen LogP contribution in [0.1, 0.15) is 32.6 Å². The van der Waals surface area contributed by atoms with Gasteiger partial charge in [0.2, 0.25) is 11.9 Å². The summed E-state index contributed by atoms with van der Waals surface area (Å²) in [6.07, 6.45) is 8.80. The molecule has 2 aromatic heterocycles. The van der Waals surface area contributed by atoms with Gasteiger partial charge in [-0.05, 0) is 50.7 Å². The topological polar surface area (TPSA) is 89.0 Å². The molecule has 0 radical (unpaired) electrons. The van der Waals surface area contributed by atoms with Crippen LogP contribution < -0.4 is 15.4 Å². The molecule has 2 fully saturated rings. The molecule has 3 heterocycles. The third kappa shape index (κ3) is 4.29. The van der Waals surface area contributed by atoms with Crippen molar-refractivity contribution in [1.82, 2.24) is 20.3 Å². The lowest BCUT2D eigenvalue weighted by Crippen LogP contribution is -2.55. The predicted octanol–water partition coefficient (Wildman–Crippen LogP) is 3.26. The van der Waals surface area contributed by atoms with Crippen LogP contribution in [0.5, 0.6) is 5.75 Å². The molecular formula is C21H26ClN5O2. The average molecular weight is 416 g/mol. The van der Waals surface area contributed by atoms with Crippen LogP contribution in [0.3, 0.4) is 0 Å². The lowest BCUT2D eigenvalue weighted by molar-refractivity contribution is -0.130. The first-order valence-corrected chi connectivity index (χ1v) is 10.5. The molecule has 29 heavy (non-hydrogen) atoms. The van der Waals surface area contributed by atoms with E-state index in [1.165, 1.54) is 0 Å². The van der Waals surface area contributed by atoms with Gasteiger partial charge in [-0.25, -0.2) is 9.97 Å². The minimum atomic E-state index is -0.138. The molecule has 2 N–H and O–H groups in total. The maximum atomic E-state index is 12.7. The number of hydrogen-bond donors (Lipinski definition) is 2. The number of nitrogens with zero attached hydrogens (tertiary/aromatic N) is 3. The third-order valence-corrected chi connectivity index (χ3v) is 6.43. The van der Waals surface area contributed by atoms with Gasteiger partial charge in [0.15, 0.2) is 0 Å². The number of amides is 1. The minimum Gasteiger partial charge on any atom is -0.494 e. The summed E-state index contributed by atoms with van der Waals surface area (Å²) in [4.78, 5) is 25.7. The fraction of sp³-hybridized carbons (Fsp3) is 0.524. The Labute approximate surface area is 175 Å². The largest absolute Gasteiger partial charge is 0.494 e. The maximum Gasteiger partial charge on any atom is 0.225 e. The fourth-order valence-corrected chi connectivity index (χ4v) is 4.80. The smallest absolute Gasteiger partial charge is 0.225 e. The van der Waals surface area contributed by atoms with Gasteiger partial charge in [0.25, 0.3) is 0 Å². The number of piperidine rings is 1. The molecule has 2 aliphatic rings. The van der Waals surface area contributed by atoms with E-state index in [4.69, 9.17) is 16.3 Å². The van der Waals surface area contributed by atoms with E-state index in [0.29, 0.717) is 17.6 Å². The molecule has 1 saturated carbocycles. The molecule has 8 heteroatoms. The van der Waals surface area contributed by atoms with Crippen LogP contribution in [0.25, 0.3) is 11.3 Å². The molecule has 5 atom stereocenters. The highest BCUT2D eigenvalue weighted by Gasteiger charge is 2.41. The second kappa shape index (κ2) is 8.53. The zero-order chi connectivity index (χ0) is 20.4. The van der Waals surface area contributed by atoms with E-state index >= 15 is 0 Å². The quantitative estimate of drug-likeness (QED) is 0.728. The van der Waals surface area contributed by atoms with Gasteiger partial charge in [-0.1, -0.05) is 0 Å². The fourth-order valence-electron chi connectivity index (χ4n) is 4.45. The first-order chi connectivity index (χ1) is 14.0. The standard InChI is InChI=1S/C21H26ClN5O2/c1-12(16-10-13-9-14(22)3-4-17(13)26-20(16)28)25-21-24-8-6-18(27-21)15-5-7-23-11-19(15)29-2/h5-8,11-14,16-17H,3-4,9-10H2,1-2H3,(H,26,28)(H,24,25,27)/t12-,13?,14?,16?,17?/m0/s1. The second-order valence-electron chi connectivity index (χ2n) is 7.90. The number of hydrogen-bond acceptors (Lipinski definition) is 6. The van der Waals surface area contributed by atoms with Crippen LogP contribution in [0.15, 0.2) is 30.7 Å². The number of methoxy groups -OCH3 is 1. The van der Waals surface area contributed by atoms with Crippen LogP contribution in [0.2, 0.25) is 0 Å². The van der Waals surface area contributed by atoms with Crippen LogP contribution in [-0.2, 0) is 4.79 Å². The summed E-state index contributed by atoms with van der Waals surface area (Å²) in [6.45, 7) is 2.01. The monoisotopic (exact) mass is 415 g/mol. The van der Waals surface area contributed by atoms with Gasteiger partial charge >= 0.3 is 0 Å². The number of fused-ring (bicyclic) bond motifs is 1. The van der Waals surface area contributed by atoms with Gasteiger partial charge in [0.05, 0.1) is 24.9 Å². The molecule has 4 rings (SSSR count). The van der Waals surface area contributed by atoms with Crippen molar-refractivity contribution >= 4 is 23.5 Å². The van der Waals surface area contributed by atoms with Gasteiger partial charge < -0.3 is 15.4 Å². The summed E-state index contributed by atoms with van der Waals surface area (Å²) in [5.74, 6) is 1.54. The lowest BCUT2D eigenvalue weighted by atomic mass is 9.74. The lowest BCUT2D eigenvalue weighted by Gasteiger charge is -2.42. The van der Waals surface area contributed by atoms with E-state index in [9.17, 15) is 4.79 Å². The maximum absolute atomic E-state index is 12.7. The zero-order valence-corrected chi connectivity index (χ0v) is 17.4. The van der Waals surface area contributed by atoms with Crippen LogP contribution in [0.4, 0.5) is 5.95 Å². The van der Waals surface area contributed by atoms with E-state index in [1.807, 2.05) is 19.1 Å². The van der Waals surface area contributed by atoms with Crippen molar-refractivity contribution in [2.45, 2.75) is 50.1 Å². The number of alkyl halides is 1. The van der Waals surface area contributed by atoms with Crippen molar-refractivity contribution in [2.75, 3.05) is 12.4 Å². The molecule has 0 aromatic carbocycles. The first kappa shape index (κ1) is 19.9. The Morgan fingerprint density at radius 1 is 1.28 bits per heavy atom. The van der Waals surface area contributed by atoms with Crippen LogP contribution >= 0.6 is 11.6 Å². The number of aromatic nitrogens is 3. The summed E-state index contributed by atoms with van der Waals surface area (Å²) in [5, 5.41) is 6.74. The van der Waals surface area contributed by atoms with Crippen LogP contribution in [-0.4, -0.2) is 45.4 Å². The van der Waals surface area contributed by atoms with E-state index in [0.717, 1.165) is 36.9 Å². The number of nitrogens with one attached hydrogen (secondary N) is 2. The van der Waals surface area contributed by atoms with Gasteiger partial charge in [0.1, 0.15) is 5.75 Å². The van der Waals surface area contributed by atoms with Crippen molar-refractivity contribution in [3.8, 4) is 17.0 Å². The van der Waals surface area contributed by atoms with Crippen molar-refractivity contribution in [3.05, 3.63) is 30.7 Å². The van der Waals surface area contributed by atoms with Crippen molar-refractivity contribution < 1.29 is 9.53 Å². The molecular weight excluding hydrogens is 390 g/mol. The average Bonchev–Trinajstić information content (AvgIpc) is 2.73. The summed E-state index contributed by atoms with van der Waals surface area (Å²) >= 11 is 6.37. The van der Waals surface area contributed by atoms with Crippen molar-refractivity contribution in [2.24, 2.45) is 11.8 Å². The minimum absolute atomic E-state index is 0.0961. The first-order valence-electron chi connectivity index (χ1n) is 10.1. The highest BCUT2D eigenvalue weighted by molar-refractivity contribution is 6.20. The Bertz CT molecular complexity index is 880. The van der Waals surface area contributed by atoms with Crippen molar-refractivity contribution in [1.29, 1.82) is 0 Å². The number of carbonyl (C=O) groups is 1. The van der Waals surface area contributed by atoms with E-state index < -0.39 is 0 Å². The van der Waals surface area contributed by atoms with E-state index in [-0.39, 0.29) is 29.3 Å². The van der Waals surface area contributed by atoms with Gasteiger partial charge in [-0.2, -0.15) is 0 Å². The number of ether oxygens (including phenoxy) is 1. The Hall–Kier alpha value is -2.41. The molecule has 1 aliphatic carbocycles. The number of halogens is 1. The highest BCUT2D eigenvalue weighted by Crippen LogP contribution is 2.37. The highest BCUT2D eigenvalue weighted by atomic mass is 35.5. The Morgan fingerprint density at radius 2 is 2.14 bits per heavy atom. The number of anilines is 1. The van der Waals surface area contributed by atoms with Gasteiger partial charge in [-0.3, -0.25) is 9.78 Å². The predicted molar refractivity (Wildman–Crippen MR) is 112 cm³/mol. The van der Waals surface area contributed by atoms with Gasteiger partial charge in [-0.15, -0.1) is 11.6 Å². The normalized spacial score (nSPS) is 27.5. The molecule has 1 amide bonds. The molecule has 0 bridgehead atoms. The number of rotatable bonds is 5. The molecule has 1 aliphatic heterocycles. The second-order valence-corrected chi connectivity index (χ2v) is 8.52. The molecule has 0 spiro atoms. The Balaban J connectivity index is 1.48. The summed E-state index contributed by atoms with van der Waals surface area (Å²) in [5.41, 5.74) is 1.58. The molecule has 2 aromatic rings. The molecule has 154 valence electrons. The van der Waals surface area contributed by atoms with E-state index in [2.05, 4.69) is 25.6 Å². The van der Waals surface area contributed by atoms with Crippen molar-refractivity contribution in [3.63, 3.8) is 0 Å².